The van der Waals surface area contributed by atoms with E-state index < -0.39 is 4.92 Å². The van der Waals surface area contributed by atoms with Crippen LogP contribution < -0.4 is 5.32 Å². The summed E-state index contributed by atoms with van der Waals surface area (Å²) in [6, 6.07) is 18.6. The zero-order chi connectivity index (χ0) is 21.0. The largest absolute Gasteiger partial charge is 0.373 e. The Morgan fingerprint density at radius 1 is 1.00 bits per heavy atom. The van der Waals surface area contributed by atoms with Gasteiger partial charge in [0.2, 0.25) is 0 Å². The van der Waals surface area contributed by atoms with Crippen LogP contribution in [0.15, 0.2) is 66.2 Å². The molecular formula is C25H22N2O3. The number of carbonyl (C=O) groups excluding carboxylic acids is 1. The van der Waals surface area contributed by atoms with Gasteiger partial charge in [0, 0.05) is 35.4 Å². The average molecular weight is 398 g/mol. The molecule has 3 aromatic carbocycles. The number of rotatable bonds is 2. The van der Waals surface area contributed by atoms with E-state index in [9.17, 15) is 14.9 Å². The molecule has 1 aliphatic heterocycles. The fraction of sp³-hybridized carbons (Fsp3) is 0.240. The lowest BCUT2D eigenvalue weighted by molar-refractivity contribution is -0.384. The highest BCUT2D eigenvalue weighted by Gasteiger charge is 2.40. The van der Waals surface area contributed by atoms with Crippen LogP contribution in [-0.2, 0) is 4.79 Å². The first kappa shape index (κ1) is 18.6. The first-order valence-electron chi connectivity index (χ1n) is 10.1. The van der Waals surface area contributed by atoms with Crippen molar-refractivity contribution in [2.24, 2.45) is 5.41 Å². The number of carbonyl (C=O) groups is 1. The maximum Gasteiger partial charge on any atom is 0.269 e. The van der Waals surface area contributed by atoms with Gasteiger partial charge in [0.05, 0.1) is 11.0 Å². The highest BCUT2D eigenvalue weighted by molar-refractivity contribution is 6.12. The summed E-state index contributed by atoms with van der Waals surface area (Å²) in [5.74, 6) is 0.149. The van der Waals surface area contributed by atoms with Crippen molar-refractivity contribution < 1.29 is 9.72 Å². The number of benzene rings is 3. The van der Waals surface area contributed by atoms with Gasteiger partial charge in [-0.05, 0) is 51.9 Å². The molecule has 5 nitrogen and oxygen atoms in total. The number of ketones is 1. The number of allylic oxidation sites excluding steroid dienone is 1. The molecule has 0 radical (unpaired) electrons. The lowest BCUT2D eigenvalue weighted by Crippen LogP contribution is -2.33. The molecule has 0 saturated carbocycles. The van der Waals surface area contributed by atoms with Gasteiger partial charge >= 0.3 is 0 Å². The third kappa shape index (κ3) is 2.89. The van der Waals surface area contributed by atoms with Gasteiger partial charge < -0.3 is 5.32 Å². The van der Waals surface area contributed by atoms with E-state index in [0.717, 1.165) is 45.2 Å². The number of fused-ring (bicyclic) bond motifs is 4. The lowest BCUT2D eigenvalue weighted by Gasteiger charge is -2.40. The van der Waals surface area contributed by atoms with E-state index in [-0.39, 0.29) is 22.9 Å². The van der Waals surface area contributed by atoms with Gasteiger partial charge in [-0.1, -0.05) is 44.2 Å². The molecule has 1 heterocycles. The summed E-state index contributed by atoms with van der Waals surface area (Å²) in [7, 11) is 0. The molecule has 1 unspecified atom stereocenters. The van der Waals surface area contributed by atoms with Crippen molar-refractivity contribution >= 4 is 33.5 Å². The van der Waals surface area contributed by atoms with Crippen molar-refractivity contribution in [3.8, 4) is 0 Å². The Morgan fingerprint density at radius 2 is 1.73 bits per heavy atom. The van der Waals surface area contributed by atoms with E-state index in [0.29, 0.717) is 6.42 Å². The average Bonchev–Trinajstić information content (AvgIpc) is 2.72. The standard InChI is InChI=1S/C25H22N2O3/c1-25(2)13-19-22-18-6-4-3-5-15(18)9-12-20(22)26-24(23(19)21(28)14-25)16-7-10-17(11-8-16)27(29)30/h3-12,24,26H,13-14H2,1-2H3. The van der Waals surface area contributed by atoms with Crippen molar-refractivity contribution in [2.45, 2.75) is 32.7 Å². The molecule has 150 valence electrons. The van der Waals surface area contributed by atoms with E-state index in [1.165, 1.54) is 12.1 Å². The highest BCUT2D eigenvalue weighted by atomic mass is 16.6. The number of non-ortho nitro benzene ring substituents is 1. The Hall–Kier alpha value is -3.47. The quantitative estimate of drug-likeness (QED) is 0.421. The minimum atomic E-state index is -0.404. The van der Waals surface area contributed by atoms with Gasteiger partial charge in [-0.25, -0.2) is 0 Å². The molecule has 1 aliphatic carbocycles. The fourth-order valence-electron chi connectivity index (χ4n) is 4.88. The number of nitro benzene ring substituents is 1. The van der Waals surface area contributed by atoms with Crippen LogP contribution in [0.25, 0.3) is 16.3 Å². The maximum atomic E-state index is 13.3. The number of nitro groups is 1. The minimum absolute atomic E-state index is 0.0475. The number of hydrogen-bond acceptors (Lipinski definition) is 4. The van der Waals surface area contributed by atoms with E-state index in [4.69, 9.17) is 0 Å². The van der Waals surface area contributed by atoms with Crippen LogP contribution in [0.4, 0.5) is 11.4 Å². The third-order valence-electron chi connectivity index (χ3n) is 6.18. The topological polar surface area (TPSA) is 72.2 Å². The van der Waals surface area contributed by atoms with E-state index in [1.807, 2.05) is 12.1 Å². The number of anilines is 1. The van der Waals surface area contributed by atoms with Crippen LogP contribution in [0.1, 0.15) is 43.9 Å². The van der Waals surface area contributed by atoms with Crippen LogP contribution in [0, 0.1) is 15.5 Å². The Labute approximate surface area is 174 Å². The zero-order valence-electron chi connectivity index (χ0n) is 16.9. The van der Waals surface area contributed by atoms with Crippen LogP contribution in [0.2, 0.25) is 0 Å². The van der Waals surface area contributed by atoms with Crippen LogP contribution >= 0.6 is 0 Å². The summed E-state index contributed by atoms with van der Waals surface area (Å²) in [6.45, 7) is 4.28. The van der Waals surface area contributed by atoms with Gasteiger partial charge in [-0.2, -0.15) is 0 Å². The summed E-state index contributed by atoms with van der Waals surface area (Å²) >= 11 is 0. The second-order valence-corrected chi connectivity index (χ2v) is 8.97. The van der Waals surface area contributed by atoms with E-state index in [2.05, 4.69) is 43.4 Å². The molecule has 0 fully saturated rings. The summed E-state index contributed by atoms with van der Waals surface area (Å²) < 4.78 is 0. The van der Waals surface area contributed by atoms with Crippen molar-refractivity contribution in [3.05, 3.63) is 87.5 Å². The first-order chi connectivity index (χ1) is 14.3. The number of Topliss-reactive ketones (excluding diaryl/α,β-unsaturated/α-hetero) is 1. The molecule has 0 aromatic heterocycles. The summed E-state index contributed by atoms with van der Waals surface area (Å²) in [5.41, 5.74) is 4.81. The van der Waals surface area contributed by atoms with Crippen molar-refractivity contribution in [1.29, 1.82) is 0 Å². The predicted molar refractivity (Wildman–Crippen MR) is 118 cm³/mol. The lowest BCUT2D eigenvalue weighted by atomic mass is 9.68. The normalized spacial score (nSPS) is 19.8. The van der Waals surface area contributed by atoms with Crippen LogP contribution in [0.3, 0.4) is 0 Å². The Balaban J connectivity index is 1.74. The van der Waals surface area contributed by atoms with Crippen LogP contribution in [-0.4, -0.2) is 10.7 Å². The second-order valence-electron chi connectivity index (χ2n) is 8.97. The summed E-state index contributed by atoms with van der Waals surface area (Å²) in [4.78, 5) is 24.0. The molecule has 1 atom stereocenters. The first-order valence-corrected chi connectivity index (χ1v) is 10.1. The zero-order valence-corrected chi connectivity index (χ0v) is 16.9. The SMILES string of the molecule is CC1(C)CC(=O)C2=C(C1)c1c(ccc3ccccc13)NC2c1ccc([N+](=O)[O-])cc1. The van der Waals surface area contributed by atoms with Gasteiger partial charge in [0.1, 0.15) is 0 Å². The van der Waals surface area contributed by atoms with Crippen LogP contribution in [0.5, 0.6) is 0 Å². The molecule has 30 heavy (non-hydrogen) atoms. The van der Waals surface area contributed by atoms with Gasteiger partial charge in [0.25, 0.3) is 5.69 Å². The number of hydrogen-bond donors (Lipinski definition) is 1. The molecule has 5 heteroatoms. The molecule has 0 saturated heterocycles. The summed E-state index contributed by atoms with van der Waals surface area (Å²) in [6.07, 6.45) is 1.32. The molecule has 3 aromatic rings. The molecule has 0 amide bonds. The van der Waals surface area contributed by atoms with Crippen molar-refractivity contribution in [3.63, 3.8) is 0 Å². The van der Waals surface area contributed by atoms with Gasteiger partial charge in [-0.3, -0.25) is 14.9 Å². The maximum absolute atomic E-state index is 13.3. The van der Waals surface area contributed by atoms with E-state index in [1.54, 1.807) is 12.1 Å². The Kier molecular flexibility index (Phi) is 4.03. The molecule has 2 aliphatic rings. The number of nitrogens with one attached hydrogen (secondary N) is 1. The third-order valence-corrected chi connectivity index (χ3v) is 6.18. The monoisotopic (exact) mass is 398 g/mol. The molecule has 1 N–H and O–H groups in total. The highest BCUT2D eigenvalue weighted by Crippen LogP contribution is 2.52. The van der Waals surface area contributed by atoms with Gasteiger partial charge in [-0.15, -0.1) is 0 Å². The Morgan fingerprint density at radius 3 is 2.47 bits per heavy atom. The van der Waals surface area contributed by atoms with E-state index >= 15 is 0 Å². The minimum Gasteiger partial charge on any atom is -0.373 e. The predicted octanol–water partition coefficient (Wildman–Crippen LogP) is 6.06. The van der Waals surface area contributed by atoms with Crippen molar-refractivity contribution in [2.75, 3.05) is 5.32 Å². The second kappa shape index (κ2) is 6.52. The fourth-order valence-corrected chi connectivity index (χ4v) is 4.88. The summed E-state index contributed by atoms with van der Waals surface area (Å²) in [5, 5.41) is 16.9. The molecule has 0 spiro atoms. The smallest absolute Gasteiger partial charge is 0.269 e. The molecular weight excluding hydrogens is 376 g/mol. The number of nitrogens with zero attached hydrogens (tertiary/aromatic N) is 1. The molecule has 5 rings (SSSR count). The molecule has 0 bridgehead atoms. The van der Waals surface area contributed by atoms with Crippen molar-refractivity contribution in [1.82, 2.24) is 0 Å². The Bertz CT molecular complexity index is 1240. The van der Waals surface area contributed by atoms with Gasteiger partial charge in [0.15, 0.2) is 5.78 Å².